The molecule has 198 valence electrons. The lowest BCUT2D eigenvalue weighted by atomic mass is 10.0. The van der Waals surface area contributed by atoms with Gasteiger partial charge < -0.3 is 15.0 Å². The van der Waals surface area contributed by atoms with E-state index in [-0.39, 0.29) is 30.8 Å². The first-order chi connectivity index (χ1) is 18.5. The van der Waals surface area contributed by atoms with Crippen molar-refractivity contribution in [3.05, 3.63) is 40.7 Å². The Morgan fingerprint density at radius 3 is 2.89 bits per heavy atom. The second-order valence-electron chi connectivity index (χ2n) is 10.1. The number of nitriles is 1. The predicted molar refractivity (Wildman–Crippen MR) is 140 cm³/mol. The number of carbonyl (C=O) groups excluding carboxylic acids is 3. The van der Waals surface area contributed by atoms with Gasteiger partial charge in [0.25, 0.3) is 0 Å². The fourth-order valence-corrected chi connectivity index (χ4v) is 5.38. The number of aromatic nitrogens is 2. The Hall–Kier alpha value is -4.04. The van der Waals surface area contributed by atoms with Gasteiger partial charge in [0.1, 0.15) is 30.0 Å². The molecule has 0 spiro atoms. The summed E-state index contributed by atoms with van der Waals surface area (Å²) >= 11 is 0. The number of aldehydes is 1. The predicted octanol–water partition coefficient (Wildman–Crippen LogP) is 3.10. The van der Waals surface area contributed by atoms with Gasteiger partial charge in [0, 0.05) is 43.5 Å². The highest BCUT2D eigenvalue weighted by molar-refractivity contribution is 6.02. The lowest BCUT2D eigenvalue weighted by Gasteiger charge is -2.31. The molecule has 2 aliphatic heterocycles. The number of pyridine rings is 2. The number of nitrogens with one attached hydrogen (secondary N) is 2. The highest BCUT2D eigenvalue weighted by Crippen LogP contribution is 2.31. The van der Waals surface area contributed by atoms with Crippen molar-refractivity contribution in [2.24, 2.45) is 5.92 Å². The lowest BCUT2D eigenvalue weighted by molar-refractivity contribution is -0.143. The van der Waals surface area contributed by atoms with Crippen LogP contribution >= 0.6 is 0 Å². The Labute approximate surface area is 221 Å². The molecule has 1 saturated carbocycles. The Balaban J connectivity index is 1.35. The van der Waals surface area contributed by atoms with Gasteiger partial charge in [-0.1, -0.05) is 13.3 Å². The maximum Gasteiger partial charge on any atom is 0.328 e. The Morgan fingerprint density at radius 1 is 1.29 bits per heavy atom. The van der Waals surface area contributed by atoms with Crippen LogP contribution < -0.4 is 15.5 Å². The number of hydrogen-bond donors (Lipinski definition) is 2. The molecule has 3 amide bonds. The number of fused-ring (bicyclic) bond motifs is 1. The van der Waals surface area contributed by atoms with E-state index in [4.69, 9.17) is 4.74 Å². The molecule has 0 bridgehead atoms. The zero-order valence-corrected chi connectivity index (χ0v) is 21.4. The molecule has 2 N–H and O–H groups in total. The van der Waals surface area contributed by atoms with E-state index in [0.717, 1.165) is 31.2 Å². The molecular weight excluding hydrogens is 486 g/mol. The van der Waals surface area contributed by atoms with Gasteiger partial charge in [0.05, 0.1) is 17.9 Å². The van der Waals surface area contributed by atoms with Crippen molar-refractivity contribution in [1.29, 1.82) is 5.26 Å². The standard InChI is InChI=1S/C27H31N7O4/c1-17-4-2-6-21(17)30-22-11-24(29-13-20(22)12-28)32-27(37)34-7-3-5-18-10-19(23(15-35)31-26(18)34)14-33-8-9-38-16-25(33)36/h10-11,13,15,17,21H,2-9,14,16H2,1H3,(H2,29,30,32,37)/t17-,21-/m1/s1. The maximum absolute atomic E-state index is 13.3. The molecule has 0 aromatic carbocycles. The first kappa shape index (κ1) is 25.6. The third kappa shape index (κ3) is 5.31. The van der Waals surface area contributed by atoms with E-state index >= 15 is 0 Å². The number of carbonyl (C=O) groups is 3. The van der Waals surface area contributed by atoms with Crippen molar-refractivity contribution in [3.63, 3.8) is 0 Å². The molecule has 0 unspecified atom stereocenters. The molecule has 4 heterocycles. The normalized spacial score (nSPS) is 21.0. The Kier molecular flexibility index (Phi) is 7.51. The second-order valence-corrected chi connectivity index (χ2v) is 10.1. The van der Waals surface area contributed by atoms with Gasteiger partial charge in [-0.15, -0.1) is 0 Å². The Bertz CT molecular complexity index is 1290. The van der Waals surface area contributed by atoms with Crippen molar-refractivity contribution in [2.75, 3.05) is 41.8 Å². The number of morpholine rings is 1. The number of urea groups is 1. The molecule has 2 fully saturated rings. The summed E-state index contributed by atoms with van der Waals surface area (Å²) in [6.45, 7) is 3.84. The fraction of sp³-hybridized carbons (Fsp3) is 0.481. The van der Waals surface area contributed by atoms with Crippen LogP contribution in [0, 0.1) is 17.2 Å². The van der Waals surface area contributed by atoms with Gasteiger partial charge in [-0.05, 0) is 43.2 Å². The lowest BCUT2D eigenvalue weighted by Crippen LogP contribution is -2.42. The number of amides is 3. The van der Waals surface area contributed by atoms with Crippen LogP contribution in [0.5, 0.6) is 0 Å². The molecule has 3 aliphatic rings. The highest BCUT2D eigenvalue weighted by Gasteiger charge is 2.28. The molecule has 5 rings (SSSR count). The van der Waals surface area contributed by atoms with E-state index < -0.39 is 6.03 Å². The van der Waals surface area contributed by atoms with Gasteiger partial charge >= 0.3 is 6.03 Å². The van der Waals surface area contributed by atoms with Crippen LogP contribution in [0.3, 0.4) is 0 Å². The smallest absolute Gasteiger partial charge is 0.328 e. The first-order valence-corrected chi connectivity index (χ1v) is 13.1. The van der Waals surface area contributed by atoms with Crippen molar-refractivity contribution >= 4 is 35.5 Å². The topological polar surface area (TPSA) is 141 Å². The number of rotatable bonds is 6. The number of aryl methyl sites for hydroxylation is 1. The fourth-order valence-electron chi connectivity index (χ4n) is 5.38. The van der Waals surface area contributed by atoms with E-state index in [1.807, 2.05) is 6.07 Å². The van der Waals surface area contributed by atoms with Gasteiger partial charge in [-0.25, -0.2) is 14.8 Å². The second kappa shape index (κ2) is 11.1. The molecule has 1 aliphatic carbocycles. The van der Waals surface area contributed by atoms with E-state index in [2.05, 4.69) is 33.6 Å². The minimum absolute atomic E-state index is 0.0308. The van der Waals surface area contributed by atoms with E-state index in [9.17, 15) is 19.6 Å². The third-order valence-electron chi connectivity index (χ3n) is 7.54. The average molecular weight is 518 g/mol. The number of hydrogen-bond acceptors (Lipinski definition) is 8. The van der Waals surface area contributed by atoms with Crippen LogP contribution in [0.25, 0.3) is 0 Å². The molecule has 0 radical (unpaired) electrons. The van der Waals surface area contributed by atoms with Gasteiger partial charge in [-0.2, -0.15) is 5.26 Å². The van der Waals surface area contributed by atoms with Crippen molar-refractivity contribution < 1.29 is 19.1 Å². The number of ether oxygens (including phenoxy) is 1. The first-order valence-electron chi connectivity index (χ1n) is 13.1. The summed E-state index contributed by atoms with van der Waals surface area (Å²) < 4.78 is 5.19. The quantitative estimate of drug-likeness (QED) is 0.557. The summed E-state index contributed by atoms with van der Waals surface area (Å²) in [7, 11) is 0. The van der Waals surface area contributed by atoms with Crippen LogP contribution in [0.2, 0.25) is 0 Å². The van der Waals surface area contributed by atoms with Crippen molar-refractivity contribution in [3.8, 4) is 6.07 Å². The highest BCUT2D eigenvalue weighted by atomic mass is 16.5. The summed E-state index contributed by atoms with van der Waals surface area (Å²) in [4.78, 5) is 49.4. The Morgan fingerprint density at radius 2 is 2.16 bits per heavy atom. The minimum Gasteiger partial charge on any atom is -0.381 e. The summed E-state index contributed by atoms with van der Waals surface area (Å²) in [6, 6.07) is 5.60. The van der Waals surface area contributed by atoms with Crippen molar-refractivity contribution in [1.82, 2.24) is 14.9 Å². The van der Waals surface area contributed by atoms with E-state index in [1.165, 1.54) is 11.1 Å². The molecule has 2 atom stereocenters. The largest absolute Gasteiger partial charge is 0.381 e. The van der Waals surface area contributed by atoms with Crippen LogP contribution in [0.1, 0.15) is 59.8 Å². The van der Waals surface area contributed by atoms with Crippen LogP contribution in [0.4, 0.5) is 22.1 Å². The summed E-state index contributed by atoms with van der Waals surface area (Å²) in [5.74, 6) is 1.13. The SMILES string of the molecule is C[C@@H]1CCC[C@H]1Nc1cc(NC(=O)N2CCCc3cc(CN4CCOCC4=O)c(C=O)nc32)ncc1C#N. The zero-order valence-electron chi connectivity index (χ0n) is 21.4. The summed E-state index contributed by atoms with van der Waals surface area (Å²) in [6.07, 6.45) is 6.88. The van der Waals surface area contributed by atoms with Gasteiger partial charge in [0.2, 0.25) is 5.91 Å². The zero-order chi connectivity index (χ0) is 26.6. The molecule has 2 aromatic heterocycles. The van der Waals surface area contributed by atoms with Crippen LogP contribution in [-0.4, -0.2) is 65.4 Å². The summed E-state index contributed by atoms with van der Waals surface area (Å²) in [5, 5.41) is 15.8. The number of anilines is 3. The molecule has 11 nitrogen and oxygen atoms in total. The minimum atomic E-state index is -0.413. The van der Waals surface area contributed by atoms with Crippen molar-refractivity contribution in [2.45, 2.75) is 51.6 Å². The monoisotopic (exact) mass is 517 g/mol. The van der Waals surface area contributed by atoms with Gasteiger partial charge in [-0.3, -0.25) is 19.8 Å². The molecule has 2 aromatic rings. The molecular formula is C27H31N7O4. The molecule has 1 saturated heterocycles. The van der Waals surface area contributed by atoms with Crippen LogP contribution in [-0.2, 0) is 22.5 Å². The average Bonchev–Trinajstić information content (AvgIpc) is 3.33. The van der Waals surface area contributed by atoms with E-state index in [0.29, 0.717) is 66.8 Å². The molecule has 38 heavy (non-hydrogen) atoms. The van der Waals surface area contributed by atoms with Crippen LogP contribution in [0.15, 0.2) is 18.3 Å². The third-order valence-corrected chi connectivity index (χ3v) is 7.54. The maximum atomic E-state index is 13.3. The summed E-state index contributed by atoms with van der Waals surface area (Å²) in [5.41, 5.74) is 2.78. The van der Waals surface area contributed by atoms with E-state index in [1.54, 1.807) is 11.0 Å². The molecule has 11 heteroatoms. The number of nitrogens with zero attached hydrogens (tertiary/aromatic N) is 5. The van der Waals surface area contributed by atoms with Gasteiger partial charge in [0.15, 0.2) is 6.29 Å².